The van der Waals surface area contributed by atoms with Gasteiger partial charge < -0.3 is 5.73 Å². The number of Topliss-reactive ketones (excluding diaryl/α,β-unsaturated/α-hetero) is 1. The van der Waals surface area contributed by atoms with Crippen molar-refractivity contribution in [2.75, 3.05) is 11.5 Å². The molecule has 6 nitrogen and oxygen atoms in total. The van der Waals surface area contributed by atoms with Gasteiger partial charge in [-0.3, -0.25) is 4.79 Å². The van der Waals surface area contributed by atoms with E-state index >= 15 is 0 Å². The molecule has 4 aromatic rings. The Bertz CT molecular complexity index is 1370. The first-order chi connectivity index (χ1) is 16.0. The van der Waals surface area contributed by atoms with Crippen LogP contribution >= 0.6 is 34.4 Å². The van der Waals surface area contributed by atoms with Crippen molar-refractivity contribution >= 4 is 56.3 Å². The van der Waals surface area contributed by atoms with Crippen molar-refractivity contribution in [2.24, 2.45) is 5.92 Å². The number of thiophene rings is 1. The van der Waals surface area contributed by atoms with E-state index < -0.39 is 5.92 Å². The molecule has 0 saturated heterocycles. The van der Waals surface area contributed by atoms with Crippen molar-refractivity contribution in [1.82, 2.24) is 15.0 Å². The Labute approximate surface area is 203 Å². The fraction of sp³-hybridized carbons (Fsp3) is 0.292. The number of aryl methyl sites for hydroxylation is 1. The van der Waals surface area contributed by atoms with Crippen molar-refractivity contribution in [2.45, 2.75) is 37.3 Å². The van der Waals surface area contributed by atoms with E-state index in [0.29, 0.717) is 21.9 Å². The number of benzene rings is 1. The van der Waals surface area contributed by atoms with Crippen LogP contribution in [0, 0.1) is 17.2 Å². The van der Waals surface area contributed by atoms with Crippen LogP contribution in [0.1, 0.15) is 34.7 Å². The van der Waals surface area contributed by atoms with E-state index in [1.807, 2.05) is 35.7 Å². The molecule has 2 atom stereocenters. The highest BCUT2D eigenvalue weighted by Gasteiger charge is 2.26. The third-order valence-electron chi connectivity index (χ3n) is 5.80. The smallest absolute Gasteiger partial charge is 0.191 e. The minimum Gasteiger partial charge on any atom is -0.383 e. The van der Waals surface area contributed by atoms with Gasteiger partial charge >= 0.3 is 0 Å². The van der Waals surface area contributed by atoms with Crippen molar-refractivity contribution in [3.05, 3.63) is 51.2 Å². The number of ketones is 1. The lowest BCUT2D eigenvalue weighted by Crippen LogP contribution is -2.13. The molecular formula is C24H21N5OS3. The van der Waals surface area contributed by atoms with Gasteiger partial charge in [0.15, 0.2) is 16.9 Å². The predicted molar refractivity (Wildman–Crippen MR) is 135 cm³/mol. The zero-order valence-electron chi connectivity index (χ0n) is 17.9. The van der Waals surface area contributed by atoms with E-state index in [4.69, 9.17) is 5.73 Å². The Morgan fingerprint density at radius 1 is 1.30 bits per heavy atom. The van der Waals surface area contributed by atoms with Crippen LogP contribution in [-0.4, -0.2) is 26.5 Å². The number of carbonyl (C=O) groups excluding carboxylic acids is 1. The van der Waals surface area contributed by atoms with Crippen LogP contribution in [0.25, 0.3) is 21.5 Å². The maximum absolute atomic E-state index is 12.9. The molecule has 0 bridgehead atoms. The number of anilines is 1. The van der Waals surface area contributed by atoms with Crippen LogP contribution in [-0.2, 0) is 17.6 Å². The number of aromatic nitrogens is 3. The van der Waals surface area contributed by atoms with Gasteiger partial charge in [0.2, 0.25) is 0 Å². The maximum atomic E-state index is 12.9. The van der Waals surface area contributed by atoms with Gasteiger partial charge in [-0.1, -0.05) is 49.0 Å². The molecule has 0 radical (unpaired) electrons. The summed E-state index contributed by atoms with van der Waals surface area (Å²) in [5, 5.41) is 13.5. The molecule has 2 unspecified atom stereocenters. The summed E-state index contributed by atoms with van der Waals surface area (Å²) >= 11 is 4.24. The molecule has 9 heteroatoms. The van der Waals surface area contributed by atoms with Gasteiger partial charge in [0.1, 0.15) is 15.7 Å². The fourth-order valence-electron chi connectivity index (χ4n) is 4.06. The predicted octanol–water partition coefficient (Wildman–Crippen LogP) is 5.49. The number of nitrogen functional groups attached to an aromatic ring is 1. The quantitative estimate of drug-likeness (QED) is 0.281. The molecule has 2 N–H and O–H groups in total. The monoisotopic (exact) mass is 491 g/mol. The minimum absolute atomic E-state index is 0.0888. The SMILES string of the molecule is CC1CCc2c(sc3nc(SCC(=O)C(C#N)c4nc(-c5ccccc5)cs4)nc(N)c23)C1. The molecule has 3 aromatic heterocycles. The molecule has 33 heavy (non-hydrogen) atoms. The van der Waals surface area contributed by atoms with Gasteiger partial charge in [-0.2, -0.15) is 5.26 Å². The van der Waals surface area contributed by atoms with E-state index in [-0.39, 0.29) is 11.5 Å². The summed E-state index contributed by atoms with van der Waals surface area (Å²) in [5.41, 5.74) is 9.32. The number of nitrogens with zero attached hydrogens (tertiary/aromatic N) is 4. The topological polar surface area (TPSA) is 106 Å². The standard InChI is InChI=1S/C24H21N5OS3/c1-13-7-8-15-19(9-13)33-23-20(15)21(26)28-24(29-23)32-12-18(30)16(10-25)22-27-17(11-31-22)14-5-3-2-4-6-14/h2-6,11,13,16H,7-9,12H2,1H3,(H2,26,28,29). The van der Waals surface area contributed by atoms with Crippen molar-refractivity contribution in [3.63, 3.8) is 0 Å². The van der Waals surface area contributed by atoms with Crippen LogP contribution in [0.4, 0.5) is 5.82 Å². The largest absolute Gasteiger partial charge is 0.383 e. The summed E-state index contributed by atoms with van der Waals surface area (Å²) in [6.07, 6.45) is 3.22. The average Bonchev–Trinajstić information content (AvgIpc) is 3.43. The number of thiazole rings is 1. The normalized spacial score (nSPS) is 16.3. The highest BCUT2D eigenvalue weighted by atomic mass is 32.2. The number of fused-ring (bicyclic) bond motifs is 3. The number of rotatable bonds is 6. The lowest BCUT2D eigenvalue weighted by molar-refractivity contribution is -0.116. The Morgan fingerprint density at radius 2 is 2.12 bits per heavy atom. The van der Waals surface area contributed by atoms with Gasteiger partial charge in [0, 0.05) is 15.8 Å². The molecule has 1 aliphatic carbocycles. The van der Waals surface area contributed by atoms with E-state index in [1.165, 1.54) is 33.5 Å². The summed E-state index contributed by atoms with van der Waals surface area (Å²) in [4.78, 5) is 28.8. The Kier molecular flexibility index (Phi) is 6.15. The molecular weight excluding hydrogens is 470 g/mol. The number of thioether (sulfide) groups is 1. The summed E-state index contributed by atoms with van der Waals surface area (Å²) in [5.74, 6) is 0.120. The number of nitriles is 1. The molecule has 3 heterocycles. The maximum Gasteiger partial charge on any atom is 0.191 e. The third kappa shape index (κ3) is 4.38. The third-order valence-corrected chi connectivity index (χ3v) is 8.72. The first-order valence-corrected chi connectivity index (χ1v) is 13.4. The number of hydrogen-bond acceptors (Lipinski definition) is 9. The van der Waals surface area contributed by atoms with Crippen molar-refractivity contribution in [1.29, 1.82) is 5.26 Å². The molecule has 0 saturated carbocycles. The number of hydrogen-bond donors (Lipinski definition) is 1. The van der Waals surface area contributed by atoms with Crippen LogP contribution in [0.5, 0.6) is 0 Å². The highest BCUT2D eigenvalue weighted by molar-refractivity contribution is 7.99. The molecule has 1 aromatic carbocycles. The van der Waals surface area contributed by atoms with E-state index in [9.17, 15) is 10.1 Å². The van der Waals surface area contributed by atoms with Gasteiger partial charge in [-0.25, -0.2) is 15.0 Å². The first-order valence-electron chi connectivity index (χ1n) is 10.7. The van der Waals surface area contributed by atoms with E-state index in [0.717, 1.165) is 40.7 Å². The minimum atomic E-state index is -0.906. The molecule has 5 rings (SSSR count). The van der Waals surface area contributed by atoms with Gasteiger partial charge in [-0.05, 0) is 30.7 Å². The number of nitrogens with two attached hydrogens (primary N) is 1. The van der Waals surface area contributed by atoms with Gasteiger partial charge in [0.25, 0.3) is 0 Å². The zero-order chi connectivity index (χ0) is 22.9. The fourth-order valence-corrected chi connectivity index (χ4v) is 7.16. The van der Waals surface area contributed by atoms with Crippen LogP contribution in [0.15, 0.2) is 40.9 Å². The summed E-state index contributed by atoms with van der Waals surface area (Å²) < 4.78 is 0. The van der Waals surface area contributed by atoms with Gasteiger partial charge in [0.05, 0.1) is 22.9 Å². The lowest BCUT2D eigenvalue weighted by atomic mass is 9.89. The van der Waals surface area contributed by atoms with Crippen LogP contribution in [0.2, 0.25) is 0 Å². The summed E-state index contributed by atoms with van der Waals surface area (Å²) in [6, 6.07) is 11.8. The zero-order valence-corrected chi connectivity index (χ0v) is 20.4. The molecule has 1 aliphatic rings. The second-order valence-electron chi connectivity index (χ2n) is 8.18. The second kappa shape index (κ2) is 9.21. The Balaban J connectivity index is 1.32. The summed E-state index contributed by atoms with van der Waals surface area (Å²) in [6.45, 7) is 2.27. The Morgan fingerprint density at radius 3 is 2.91 bits per heavy atom. The van der Waals surface area contributed by atoms with Crippen molar-refractivity contribution in [3.8, 4) is 17.3 Å². The van der Waals surface area contributed by atoms with Crippen LogP contribution < -0.4 is 5.73 Å². The molecule has 0 aliphatic heterocycles. The van der Waals surface area contributed by atoms with Gasteiger partial charge in [-0.15, -0.1) is 22.7 Å². The molecule has 0 spiro atoms. The first kappa shape index (κ1) is 22.0. The molecule has 166 valence electrons. The second-order valence-corrected chi connectivity index (χ2v) is 11.1. The van der Waals surface area contributed by atoms with E-state index in [2.05, 4.69) is 27.9 Å². The summed E-state index contributed by atoms with van der Waals surface area (Å²) in [7, 11) is 0. The number of carbonyl (C=O) groups is 1. The lowest BCUT2D eigenvalue weighted by Gasteiger charge is -2.17. The molecule has 0 fully saturated rings. The highest BCUT2D eigenvalue weighted by Crippen LogP contribution is 2.40. The van der Waals surface area contributed by atoms with Crippen molar-refractivity contribution < 1.29 is 4.79 Å². The molecule has 0 amide bonds. The van der Waals surface area contributed by atoms with E-state index in [1.54, 1.807) is 11.3 Å². The average molecular weight is 492 g/mol. The van der Waals surface area contributed by atoms with Crippen LogP contribution in [0.3, 0.4) is 0 Å². The Hall–Kier alpha value is -2.80.